The first-order chi connectivity index (χ1) is 13.4. The van der Waals surface area contributed by atoms with Crippen molar-refractivity contribution in [3.63, 3.8) is 0 Å². The molecule has 0 amide bonds. The van der Waals surface area contributed by atoms with Crippen LogP contribution in [0.1, 0.15) is 43.0 Å². The van der Waals surface area contributed by atoms with Crippen molar-refractivity contribution in [3.05, 3.63) is 24.0 Å². The normalized spacial score (nSPS) is 20.2. The van der Waals surface area contributed by atoms with E-state index in [-0.39, 0.29) is 11.7 Å². The van der Waals surface area contributed by atoms with Gasteiger partial charge in [-0.25, -0.2) is 22.9 Å². The first-order valence-corrected chi connectivity index (χ1v) is 11.3. The van der Waals surface area contributed by atoms with Gasteiger partial charge in [0, 0.05) is 30.9 Å². The van der Waals surface area contributed by atoms with Crippen LogP contribution in [-0.4, -0.2) is 50.3 Å². The Morgan fingerprint density at radius 3 is 2.68 bits per heavy atom. The van der Waals surface area contributed by atoms with E-state index in [2.05, 4.69) is 20.0 Å². The molecule has 8 nitrogen and oxygen atoms in total. The van der Waals surface area contributed by atoms with Gasteiger partial charge in [-0.15, -0.1) is 0 Å². The van der Waals surface area contributed by atoms with Crippen LogP contribution in [-0.2, 0) is 14.8 Å². The highest BCUT2D eigenvalue weighted by Crippen LogP contribution is 2.31. The first-order valence-electron chi connectivity index (χ1n) is 9.69. The van der Waals surface area contributed by atoms with E-state index in [9.17, 15) is 13.2 Å². The number of carbonyl (C=O) groups excluding carboxylic acids is 1. The fourth-order valence-corrected chi connectivity index (χ4v) is 5.41. The number of nitrogens with one attached hydrogen (secondary N) is 3. The molecule has 28 heavy (non-hydrogen) atoms. The maximum Gasteiger partial charge on any atom is 0.341 e. The fourth-order valence-electron chi connectivity index (χ4n) is 3.90. The summed E-state index contributed by atoms with van der Waals surface area (Å²) < 4.78 is 31.3. The number of fused-ring (bicyclic) bond motifs is 1. The molecule has 0 unspecified atom stereocenters. The third-order valence-corrected chi connectivity index (χ3v) is 6.98. The third kappa shape index (κ3) is 4.82. The van der Waals surface area contributed by atoms with Crippen LogP contribution in [0.4, 0.5) is 5.69 Å². The molecule has 2 aromatic rings. The summed E-state index contributed by atoms with van der Waals surface area (Å²) >= 11 is 0. The molecule has 0 bridgehead atoms. The van der Waals surface area contributed by atoms with Crippen LogP contribution in [0.25, 0.3) is 11.0 Å². The number of sulfonamides is 1. The summed E-state index contributed by atoms with van der Waals surface area (Å²) in [6.45, 7) is 2.95. The lowest BCUT2D eigenvalue weighted by molar-refractivity contribution is 0.0601. The summed E-state index contributed by atoms with van der Waals surface area (Å²) in [6, 6.07) is 1.89. The Morgan fingerprint density at radius 1 is 1.29 bits per heavy atom. The van der Waals surface area contributed by atoms with Crippen molar-refractivity contribution in [1.82, 2.24) is 14.7 Å². The highest BCUT2D eigenvalue weighted by atomic mass is 32.2. The summed E-state index contributed by atoms with van der Waals surface area (Å²) in [5.41, 5.74) is 1.86. The zero-order valence-electron chi connectivity index (χ0n) is 16.3. The number of anilines is 1. The molecule has 0 spiro atoms. The van der Waals surface area contributed by atoms with Gasteiger partial charge in [-0.1, -0.05) is 6.92 Å². The smallest absolute Gasteiger partial charge is 0.341 e. The van der Waals surface area contributed by atoms with Crippen LogP contribution in [0.15, 0.2) is 18.5 Å². The summed E-state index contributed by atoms with van der Waals surface area (Å²) in [6.07, 6.45) is 7.05. The number of esters is 1. The molecule has 1 aliphatic rings. The van der Waals surface area contributed by atoms with Crippen molar-refractivity contribution in [1.29, 1.82) is 0 Å². The molecule has 0 saturated heterocycles. The number of nitrogens with zero attached hydrogens (tertiary/aromatic N) is 1. The zero-order valence-corrected chi connectivity index (χ0v) is 17.1. The van der Waals surface area contributed by atoms with Crippen molar-refractivity contribution in [3.8, 4) is 0 Å². The number of methoxy groups -OCH3 is 1. The Kier molecular flexibility index (Phi) is 6.56. The van der Waals surface area contributed by atoms with E-state index in [1.165, 1.54) is 13.3 Å². The standard InChI is InChI=1S/C19H28N4O4S/c1-3-23-28(25,26)12-14-6-4-13(5-7-14)10-21-17-15-8-9-20-18(15)22-11-16(17)19(24)27-2/h8-9,11,13-14,23H,3-7,10,12H2,1-2H3,(H2,20,21,22). The fraction of sp³-hybridized carbons (Fsp3) is 0.579. The van der Waals surface area contributed by atoms with E-state index in [1.807, 2.05) is 6.07 Å². The molecule has 0 radical (unpaired) electrons. The predicted molar refractivity (Wildman–Crippen MR) is 109 cm³/mol. The minimum Gasteiger partial charge on any atom is -0.465 e. The van der Waals surface area contributed by atoms with E-state index in [1.54, 1.807) is 13.1 Å². The van der Waals surface area contributed by atoms with E-state index in [4.69, 9.17) is 4.74 Å². The summed E-state index contributed by atoms with van der Waals surface area (Å²) in [5, 5.41) is 4.27. The van der Waals surface area contributed by atoms with Gasteiger partial charge < -0.3 is 15.0 Å². The summed E-state index contributed by atoms with van der Waals surface area (Å²) in [4.78, 5) is 19.4. The van der Waals surface area contributed by atoms with E-state index < -0.39 is 16.0 Å². The van der Waals surface area contributed by atoms with Gasteiger partial charge in [0.2, 0.25) is 10.0 Å². The molecular formula is C19H28N4O4S. The van der Waals surface area contributed by atoms with Gasteiger partial charge >= 0.3 is 5.97 Å². The van der Waals surface area contributed by atoms with Gasteiger partial charge in [0.1, 0.15) is 11.2 Å². The van der Waals surface area contributed by atoms with E-state index >= 15 is 0 Å². The van der Waals surface area contributed by atoms with Crippen molar-refractivity contribution < 1.29 is 17.9 Å². The van der Waals surface area contributed by atoms with Gasteiger partial charge in [0.15, 0.2) is 0 Å². The van der Waals surface area contributed by atoms with Crippen LogP contribution >= 0.6 is 0 Å². The predicted octanol–water partition coefficient (Wildman–Crippen LogP) is 2.51. The minimum atomic E-state index is -3.17. The van der Waals surface area contributed by atoms with E-state index in [0.717, 1.165) is 43.3 Å². The molecule has 9 heteroatoms. The van der Waals surface area contributed by atoms with Gasteiger partial charge in [-0.05, 0) is 43.6 Å². The number of hydrogen-bond donors (Lipinski definition) is 3. The number of pyridine rings is 1. The van der Waals surface area contributed by atoms with Gasteiger partial charge in [0.25, 0.3) is 0 Å². The number of ether oxygens (including phenoxy) is 1. The second-order valence-corrected chi connectivity index (χ2v) is 9.18. The third-order valence-electron chi connectivity index (χ3n) is 5.35. The average molecular weight is 409 g/mol. The molecule has 2 heterocycles. The SMILES string of the molecule is CCNS(=O)(=O)CC1CCC(CNc2c(C(=O)OC)cnc3[nH]ccc23)CC1. The number of carbonyl (C=O) groups is 1. The number of rotatable bonds is 8. The zero-order chi connectivity index (χ0) is 20.1. The quantitative estimate of drug-likeness (QED) is 0.579. The lowest BCUT2D eigenvalue weighted by atomic mass is 9.83. The Hall–Kier alpha value is -2.13. The highest BCUT2D eigenvalue weighted by Gasteiger charge is 2.26. The number of aromatic nitrogens is 2. The lowest BCUT2D eigenvalue weighted by Gasteiger charge is -2.29. The molecule has 0 aliphatic heterocycles. The first kappa shape index (κ1) is 20.6. The minimum absolute atomic E-state index is 0.210. The Balaban J connectivity index is 1.61. The van der Waals surface area contributed by atoms with Crippen molar-refractivity contribution in [2.75, 3.05) is 31.3 Å². The number of aromatic amines is 1. The van der Waals surface area contributed by atoms with Crippen molar-refractivity contribution in [2.24, 2.45) is 11.8 Å². The van der Waals surface area contributed by atoms with Crippen LogP contribution in [0.2, 0.25) is 0 Å². The number of H-pyrrole nitrogens is 1. The van der Waals surface area contributed by atoms with Crippen LogP contribution in [0, 0.1) is 11.8 Å². The highest BCUT2D eigenvalue weighted by molar-refractivity contribution is 7.89. The Bertz CT molecular complexity index is 917. The van der Waals surface area contributed by atoms with Crippen LogP contribution in [0.5, 0.6) is 0 Å². The molecule has 0 atom stereocenters. The van der Waals surface area contributed by atoms with Gasteiger partial charge in [0.05, 0.1) is 18.6 Å². The Morgan fingerprint density at radius 2 is 2.00 bits per heavy atom. The monoisotopic (exact) mass is 408 g/mol. The molecule has 1 saturated carbocycles. The van der Waals surface area contributed by atoms with Crippen LogP contribution < -0.4 is 10.0 Å². The maximum atomic E-state index is 12.1. The largest absolute Gasteiger partial charge is 0.465 e. The molecular weight excluding hydrogens is 380 g/mol. The molecule has 2 aromatic heterocycles. The maximum absolute atomic E-state index is 12.1. The lowest BCUT2D eigenvalue weighted by Crippen LogP contribution is -2.32. The van der Waals surface area contributed by atoms with E-state index in [0.29, 0.717) is 23.7 Å². The average Bonchev–Trinajstić information content (AvgIpc) is 3.15. The molecule has 1 aliphatic carbocycles. The number of hydrogen-bond acceptors (Lipinski definition) is 6. The molecule has 0 aromatic carbocycles. The van der Waals surface area contributed by atoms with Crippen LogP contribution in [0.3, 0.4) is 0 Å². The van der Waals surface area contributed by atoms with Gasteiger partial charge in [-0.2, -0.15) is 0 Å². The summed E-state index contributed by atoms with van der Waals surface area (Å²) in [5.74, 6) is 0.436. The molecule has 154 valence electrons. The second kappa shape index (κ2) is 8.91. The molecule has 1 fully saturated rings. The van der Waals surface area contributed by atoms with Crippen molar-refractivity contribution in [2.45, 2.75) is 32.6 Å². The summed E-state index contributed by atoms with van der Waals surface area (Å²) in [7, 11) is -1.81. The second-order valence-electron chi connectivity index (χ2n) is 7.33. The molecule has 3 rings (SSSR count). The molecule has 3 N–H and O–H groups in total. The van der Waals surface area contributed by atoms with Crippen molar-refractivity contribution >= 4 is 32.7 Å². The van der Waals surface area contributed by atoms with Gasteiger partial charge in [-0.3, -0.25) is 0 Å². The topological polar surface area (TPSA) is 113 Å². The Labute approximate surface area is 165 Å².